The van der Waals surface area contributed by atoms with Crippen LogP contribution in [0.5, 0.6) is 0 Å². The third kappa shape index (κ3) is 3.10. The molecule has 4 nitrogen and oxygen atoms in total. The lowest BCUT2D eigenvalue weighted by molar-refractivity contribution is -0.137. The van der Waals surface area contributed by atoms with E-state index in [1.807, 2.05) is 30.3 Å². The average molecular weight is 248 g/mol. The van der Waals surface area contributed by atoms with E-state index in [2.05, 4.69) is 14.7 Å². The molecule has 0 radical (unpaired) electrons. The first-order chi connectivity index (χ1) is 8.29. The van der Waals surface area contributed by atoms with Crippen molar-refractivity contribution in [1.29, 1.82) is 0 Å². The number of nitrogens with one attached hydrogen (secondary N) is 1. The fraction of sp³-hybridized carbons (Fsp3) is 0.167. The number of hydrogen-bond donors (Lipinski definition) is 1. The highest BCUT2D eigenvalue weighted by Crippen LogP contribution is 2.20. The number of carbonyl (C=O) groups is 1. The highest BCUT2D eigenvalue weighted by molar-refractivity contribution is 7.99. The SMILES string of the molecule is COC(=O)CSc1ncc(-c2ccccc2)[nH]1. The number of aromatic amines is 1. The molecule has 0 amide bonds. The van der Waals surface area contributed by atoms with E-state index in [1.165, 1.54) is 18.9 Å². The maximum absolute atomic E-state index is 11.0. The van der Waals surface area contributed by atoms with E-state index in [1.54, 1.807) is 6.20 Å². The Bertz CT molecular complexity index is 496. The van der Waals surface area contributed by atoms with Gasteiger partial charge in [0, 0.05) is 0 Å². The highest BCUT2D eigenvalue weighted by atomic mass is 32.2. The first-order valence-electron chi connectivity index (χ1n) is 5.09. The number of imidazole rings is 1. The predicted molar refractivity (Wildman–Crippen MR) is 66.8 cm³/mol. The number of rotatable bonds is 4. The van der Waals surface area contributed by atoms with E-state index in [4.69, 9.17) is 0 Å². The maximum atomic E-state index is 11.0. The van der Waals surface area contributed by atoms with Gasteiger partial charge in [-0.15, -0.1) is 0 Å². The van der Waals surface area contributed by atoms with Crippen molar-refractivity contribution in [2.45, 2.75) is 5.16 Å². The minimum Gasteiger partial charge on any atom is -0.468 e. The molecule has 88 valence electrons. The summed E-state index contributed by atoms with van der Waals surface area (Å²) in [5, 5.41) is 0.717. The van der Waals surface area contributed by atoms with Crippen LogP contribution in [0.15, 0.2) is 41.7 Å². The van der Waals surface area contributed by atoms with Crippen molar-refractivity contribution < 1.29 is 9.53 Å². The van der Waals surface area contributed by atoms with Crippen LogP contribution >= 0.6 is 11.8 Å². The Morgan fingerprint density at radius 2 is 2.18 bits per heavy atom. The molecule has 0 saturated carbocycles. The second-order valence-electron chi connectivity index (χ2n) is 3.33. The molecule has 0 fully saturated rings. The van der Waals surface area contributed by atoms with Gasteiger partial charge in [0.05, 0.1) is 24.8 Å². The fourth-order valence-corrected chi connectivity index (χ4v) is 2.01. The van der Waals surface area contributed by atoms with Gasteiger partial charge in [-0.3, -0.25) is 4.79 Å². The largest absolute Gasteiger partial charge is 0.468 e. The lowest BCUT2D eigenvalue weighted by Gasteiger charge is -1.97. The van der Waals surface area contributed by atoms with Crippen LogP contribution in [0.25, 0.3) is 11.3 Å². The van der Waals surface area contributed by atoms with Crippen LogP contribution in [-0.2, 0) is 9.53 Å². The number of thioether (sulfide) groups is 1. The van der Waals surface area contributed by atoms with Gasteiger partial charge in [0.1, 0.15) is 0 Å². The summed E-state index contributed by atoms with van der Waals surface area (Å²) in [7, 11) is 1.38. The fourth-order valence-electron chi connectivity index (χ4n) is 1.33. The summed E-state index contributed by atoms with van der Waals surface area (Å²) in [4.78, 5) is 18.3. The van der Waals surface area contributed by atoms with Crippen molar-refractivity contribution >= 4 is 17.7 Å². The van der Waals surface area contributed by atoms with Crippen molar-refractivity contribution in [2.24, 2.45) is 0 Å². The Labute approximate surface area is 103 Å². The number of aromatic nitrogens is 2. The summed E-state index contributed by atoms with van der Waals surface area (Å²) in [5.74, 6) is 0.00535. The van der Waals surface area contributed by atoms with Crippen molar-refractivity contribution in [3.63, 3.8) is 0 Å². The molecule has 0 spiro atoms. The molecule has 17 heavy (non-hydrogen) atoms. The van der Waals surface area contributed by atoms with Crippen LogP contribution in [0.3, 0.4) is 0 Å². The van der Waals surface area contributed by atoms with Gasteiger partial charge in [-0.25, -0.2) is 4.98 Å². The molecule has 1 aromatic heterocycles. The van der Waals surface area contributed by atoms with Crippen molar-refractivity contribution in [2.75, 3.05) is 12.9 Å². The number of esters is 1. The zero-order valence-electron chi connectivity index (χ0n) is 9.34. The maximum Gasteiger partial charge on any atom is 0.316 e. The van der Waals surface area contributed by atoms with Gasteiger partial charge < -0.3 is 9.72 Å². The third-order valence-corrected chi connectivity index (χ3v) is 3.05. The van der Waals surface area contributed by atoms with Crippen molar-refractivity contribution in [3.8, 4) is 11.3 Å². The van der Waals surface area contributed by atoms with Crippen LogP contribution in [0.4, 0.5) is 0 Å². The normalized spacial score (nSPS) is 10.2. The molecule has 1 heterocycles. The third-order valence-electron chi connectivity index (χ3n) is 2.19. The molecule has 0 saturated heterocycles. The number of ether oxygens (including phenoxy) is 1. The van der Waals surface area contributed by atoms with Gasteiger partial charge in [0.15, 0.2) is 5.16 Å². The standard InChI is InChI=1S/C12H12N2O2S/c1-16-11(15)8-17-12-13-7-10(14-12)9-5-3-2-4-6-9/h2-7H,8H2,1H3,(H,13,14). The molecule has 0 atom stereocenters. The molecule has 0 aliphatic rings. The quantitative estimate of drug-likeness (QED) is 0.666. The number of benzene rings is 1. The summed E-state index contributed by atoms with van der Waals surface area (Å²) >= 11 is 1.33. The molecule has 2 aromatic rings. The Kier molecular flexibility index (Phi) is 3.82. The second-order valence-corrected chi connectivity index (χ2v) is 4.30. The zero-order chi connectivity index (χ0) is 12.1. The number of hydrogen-bond acceptors (Lipinski definition) is 4. The molecule has 2 rings (SSSR count). The first kappa shape index (κ1) is 11.7. The van der Waals surface area contributed by atoms with Gasteiger partial charge in [0.25, 0.3) is 0 Å². The van der Waals surface area contributed by atoms with E-state index in [-0.39, 0.29) is 11.7 Å². The summed E-state index contributed by atoms with van der Waals surface area (Å²) in [5.41, 5.74) is 2.02. The molecule has 1 N–H and O–H groups in total. The number of carbonyl (C=O) groups excluding carboxylic acids is 1. The topological polar surface area (TPSA) is 55.0 Å². The predicted octanol–water partition coefficient (Wildman–Crippen LogP) is 2.34. The number of methoxy groups -OCH3 is 1. The van der Waals surface area contributed by atoms with Crippen molar-refractivity contribution in [3.05, 3.63) is 36.5 Å². The summed E-state index contributed by atoms with van der Waals surface area (Å²) in [6.45, 7) is 0. The molecular formula is C12H12N2O2S. The number of nitrogens with zero attached hydrogens (tertiary/aromatic N) is 1. The molecule has 0 unspecified atom stereocenters. The average Bonchev–Trinajstić information content (AvgIpc) is 2.86. The van der Waals surface area contributed by atoms with Crippen LogP contribution < -0.4 is 0 Å². The first-order valence-corrected chi connectivity index (χ1v) is 6.08. The molecule has 0 aliphatic heterocycles. The van der Waals surface area contributed by atoms with Gasteiger partial charge in [0.2, 0.25) is 0 Å². The van der Waals surface area contributed by atoms with E-state index >= 15 is 0 Å². The van der Waals surface area contributed by atoms with Gasteiger partial charge in [-0.05, 0) is 5.56 Å². The Morgan fingerprint density at radius 3 is 2.88 bits per heavy atom. The van der Waals surface area contributed by atoms with Gasteiger partial charge in [-0.2, -0.15) is 0 Å². The summed E-state index contributed by atoms with van der Waals surface area (Å²) in [6, 6.07) is 9.91. The van der Waals surface area contributed by atoms with Crippen LogP contribution in [0.2, 0.25) is 0 Å². The lowest BCUT2D eigenvalue weighted by Crippen LogP contribution is -2.03. The summed E-state index contributed by atoms with van der Waals surface area (Å²) in [6.07, 6.45) is 1.76. The van der Waals surface area contributed by atoms with Gasteiger partial charge in [-0.1, -0.05) is 42.1 Å². The molecule has 0 bridgehead atoms. The minimum atomic E-state index is -0.257. The Balaban J connectivity index is 2.04. The zero-order valence-corrected chi connectivity index (χ0v) is 10.2. The van der Waals surface area contributed by atoms with Crippen molar-refractivity contribution in [1.82, 2.24) is 9.97 Å². The second kappa shape index (κ2) is 5.54. The summed E-state index contributed by atoms with van der Waals surface area (Å²) < 4.78 is 4.56. The van der Waals surface area contributed by atoms with Gasteiger partial charge >= 0.3 is 5.97 Å². The van der Waals surface area contributed by atoms with E-state index in [9.17, 15) is 4.79 Å². The molecule has 5 heteroatoms. The van der Waals surface area contributed by atoms with E-state index in [0.29, 0.717) is 5.16 Å². The van der Waals surface area contributed by atoms with Crippen LogP contribution in [-0.4, -0.2) is 28.8 Å². The Hall–Kier alpha value is -1.75. The Morgan fingerprint density at radius 1 is 1.41 bits per heavy atom. The lowest BCUT2D eigenvalue weighted by atomic mass is 10.2. The van der Waals surface area contributed by atoms with Crippen LogP contribution in [0, 0.1) is 0 Å². The van der Waals surface area contributed by atoms with E-state index < -0.39 is 0 Å². The van der Waals surface area contributed by atoms with E-state index in [0.717, 1.165) is 11.3 Å². The number of H-pyrrole nitrogens is 1. The highest BCUT2D eigenvalue weighted by Gasteiger charge is 2.06. The van der Waals surface area contributed by atoms with Crippen LogP contribution in [0.1, 0.15) is 0 Å². The monoisotopic (exact) mass is 248 g/mol. The smallest absolute Gasteiger partial charge is 0.316 e. The molecule has 1 aromatic carbocycles. The molecular weight excluding hydrogens is 236 g/mol. The molecule has 0 aliphatic carbocycles. The minimum absolute atomic E-state index is 0.257.